The monoisotopic (exact) mass is 314 g/mol. The topological polar surface area (TPSA) is 102 Å². The zero-order valence-corrected chi connectivity index (χ0v) is 12.7. The molecule has 1 aromatic rings. The van der Waals surface area contributed by atoms with E-state index >= 15 is 0 Å². The summed E-state index contributed by atoms with van der Waals surface area (Å²) < 4.78 is 32.1. The van der Waals surface area contributed by atoms with Gasteiger partial charge >= 0.3 is 0 Å². The Bertz CT molecular complexity index is 545. The van der Waals surface area contributed by atoms with Crippen LogP contribution in [0.15, 0.2) is 24.3 Å². The largest absolute Gasteiger partial charge is 0.492 e. The van der Waals surface area contributed by atoms with Crippen LogP contribution in [0.2, 0.25) is 0 Å². The molecule has 0 heterocycles. The zero-order valence-electron chi connectivity index (χ0n) is 11.9. The Morgan fingerprint density at radius 2 is 2.00 bits per heavy atom. The fraction of sp³-hybridized carbons (Fsp3) is 0.571. The summed E-state index contributed by atoms with van der Waals surface area (Å²) in [7, 11) is -3.40. The van der Waals surface area contributed by atoms with Crippen LogP contribution < -0.4 is 15.2 Å². The average Bonchev–Trinajstić information content (AvgIpc) is 2.87. The molecule has 118 valence electrons. The Hall–Kier alpha value is -1.31. The molecule has 6 nitrogen and oxygen atoms in total. The first-order valence-electron chi connectivity index (χ1n) is 7.09. The molecular formula is C14H22N2O4S. The van der Waals surface area contributed by atoms with Gasteiger partial charge in [0.05, 0.1) is 5.75 Å². The molecule has 2 atom stereocenters. The van der Waals surface area contributed by atoms with Crippen LogP contribution in [0, 0.1) is 5.92 Å². The third kappa shape index (κ3) is 4.87. The number of nitrogens with two attached hydrogens (primary N) is 1. The summed E-state index contributed by atoms with van der Waals surface area (Å²) >= 11 is 0. The van der Waals surface area contributed by atoms with Gasteiger partial charge in [0.2, 0.25) is 10.0 Å². The zero-order chi connectivity index (χ0) is 15.3. The molecule has 2 rings (SSSR count). The van der Waals surface area contributed by atoms with Crippen LogP contribution >= 0.6 is 0 Å². The Morgan fingerprint density at radius 3 is 2.67 bits per heavy atom. The molecule has 0 amide bonds. The SMILES string of the molecule is Nc1ccc(OCCS(=O)(=O)NC2CCCC2CO)cc1. The van der Waals surface area contributed by atoms with Gasteiger partial charge in [0, 0.05) is 18.3 Å². The van der Waals surface area contributed by atoms with E-state index < -0.39 is 10.0 Å². The summed E-state index contributed by atoms with van der Waals surface area (Å²) in [6.07, 6.45) is 2.59. The first kappa shape index (κ1) is 16.1. The van der Waals surface area contributed by atoms with Gasteiger partial charge in [0.15, 0.2) is 0 Å². The molecule has 2 unspecified atom stereocenters. The maximum Gasteiger partial charge on any atom is 0.215 e. The number of aliphatic hydroxyl groups excluding tert-OH is 1. The minimum absolute atomic E-state index is 0.0229. The quantitative estimate of drug-likeness (QED) is 0.644. The first-order chi connectivity index (χ1) is 10.00. The molecule has 0 radical (unpaired) electrons. The fourth-order valence-corrected chi connectivity index (χ4v) is 3.73. The van der Waals surface area contributed by atoms with Crippen molar-refractivity contribution in [1.29, 1.82) is 0 Å². The molecule has 0 saturated heterocycles. The number of benzene rings is 1. The molecule has 21 heavy (non-hydrogen) atoms. The minimum Gasteiger partial charge on any atom is -0.492 e. The lowest BCUT2D eigenvalue weighted by molar-refractivity contribution is 0.213. The number of nitrogens with one attached hydrogen (secondary N) is 1. The van der Waals surface area contributed by atoms with Crippen molar-refractivity contribution in [2.45, 2.75) is 25.3 Å². The first-order valence-corrected chi connectivity index (χ1v) is 8.74. The third-order valence-corrected chi connectivity index (χ3v) is 5.09. The van der Waals surface area contributed by atoms with E-state index in [-0.39, 0.29) is 30.9 Å². The van der Waals surface area contributed by atoms with E-state index in [2.05, 4.69) is 4.72 Å². The van der Waals surface area contributed by atoms with Crippen molar-refractivity contribution in [2.24, 2.45) is 5.92 Å². The normalized spacial score (nSPS) is 22.3. The predicted octanol–water partition coefficient (Wildman–Crippen LogP) is 0.728. The van der Waals surface area contributed by atoms with Gasteiger partial charge in [0.25, 0.3) is 0 Å². The van der Waals surface area contributed by atoms with Crippen LogP contribution in [0.4, 0.5) is 5.69 Å². The molecule has 1 fully saturated rings. The highest BCUT2D eigenvalue weighted by molar-refractivity contribution is 7.89. The van der Waals surface area contributed by atoms with Crippen molar-refractivity contribution >= 4 is 15.7 Å². The molecule has 0 aliphatic heterocycles. The van der Waals surface area contributed by atoms with Crippen molar-refractivity contribution in [3.63, 3.8) is 0 Å². The maximum atomic E-state index is 12.0. The second-order valence-corrected chi connectivity index (χ2v) is 7.21. The lowest BCUT2D eigenvalue weighted by atomic mass is 10.1. The number of aliphatic hydroxyl groups is 1. The van der Waals surface area contributed by atoms with E-state index in [1.807, 2.05) is 0 Å². The summed E-state index contributed by atoms with van der Waals surface area (Å²) in [5, 5.41) is 9.21. The molecule has 1 aromatic carbocycles. The van der Waals surface area contributed by atoms with Crippen LogP contribution in [-0.4, -0.2) is 38.5 Å². The molecule has 1 saturated carbocycles. The van der Waals surface area contributed by atoms with Crippen molar-refractivity contribution in [1.82, 2.24) is 4.72 Å². The summed E-state index contributed by atoms with van der Waals surface area (Å²) in [5.41, 5.74) is 6.19. The standard InChI is InChI=1S/C14H22N2O4S/c15-12-4-6-13(7-5-12)20-8-9-21(18,19)16-14-3-1-2-11(14)10-17/h4-7,11,14,16-17H,1-3,8-10,15H2. The van der Waals surface area contributed by atoms with Crippen LogP contribution in [-0.2, 0) is 10.0 Å². The number of anilines is 1. The number of rotatable bonds is 7. The van der Waals surface area contributed by atoms with E-state index in [0.29, 0.717) is 11.4 Å². The highest BCUT2D eigenvalue weighted by Gasteiger charge is 2.29. The molecule has 7 heteroatoms. The van der Waals surface area contributed by atoms with Crippen molar-refractivity contribution in [3.05, 3.63) is 24.3 Å². The van der Waals surface area contributed by atoms with E-state index in [4.69, 9.17) is 10.5 Å². The van der Waals surface area contributed by atoms with Gasteiger partial charge in [-0.25, -0.2) is 13.1 Å². The van der Waals surface area contributed by atoms with E-state index in [1.165, 1.54) is 0 Å². The van der Waals surface area contributed by atoms with Gasteiger partial charge in [-0.05, 0) is 43.0 Å². The second kappa shape index (κ2) is 7.11. The molecular weight excluding hydrogens is 292 g/mol. The molecule has 0 bridgehead atoms. The number of hydrogen-bond donors (Lipinski definition) is 3. The summed E-state index contributed by atoms with van der Waals surface area (Å²) in [6.45, 7) is 0.102. The summed E-state index contributed by atoms with van der Waals surface area (Å²) in [6, 6.07) is 6.65. The third-order valence-electron chi connectivity index (χ3n) is 3.73. The van der Waals surface area contributed by atoms with Gasteiger partial charge in [0.1, 0.15) is 12.4 Å². The van der Waals surface area contributed by atoms with Gasteiger partial charge in [-0.2, -0.15) is 0 Å². The van der Waals surface area contributed by atoms with Gasteiger partial charge in [-0.1, -0.05) is 6.42 Å². The van der Waals surface area contributed by atoms with E-state index in [0.717, 1.165) is 19.3 Å². The highest BCUT2D eigenvalue weighted by Crippen LogP contribution is 2.25. The van der Waals surface area contributed by atoms with Crippen LogP contribution in [0.5, 0.6) is 5.75 Å². The number of nitrogen functional groups attached to an aromatic ring is 1. The predicted molar refractivity (Wildman–Crippen MR) is 81.5 cm³/mol. The Morgan fingerprint density at radius 1 is 1.29 bits per heavy atom. The number of hydrogen-bond acceptors (Lipinski definition) is 5. The number of ether oxygens (including phenoxy) is 1. The Balaban J connectivity index is 1.80. The summed E-state index contributed by atoms with van der Waals surface area (Å²) in [4.78, 5) is 0. The summed E-state index contributed by atoms with van der Waals surface area (Å²) in [5.74, 6) is 0.512. The molecule has 1 aliphatic rings. The lowest BCUT2D eigenvalue weighted by Crippen LogP contribution is -2.40. The minimum atomic E-state index is -3.40. The van der Waals surface area contributed by atoms with Gasteiger partial charge in [-0.15, -0.1) is 0 Å². The maximum absolute atomic E-state index is 12.0. The lowest BCUT2D eigenvalue weighted by Gasteiger charge is -2.19. The van der Waals surface area contributed by atoms with E-state index in [1.54, 1.807) is 24.3 Å². The van der Waals surface area contributed by atoms with Crippen molar-refractivity contribution in [2.75, 3.05) is 24.7 Å². The molecule has 1 aliphatic carbocycles. The van der Waals surface area contributed by atoms with Gasteiger partial charge in [-0.3, -0.25) is 0 Å². The highest BCUT2D eigenvalue weighted by atomic mass is 32.2. The second-order valence-electron chi connectivity index (χ2n) is 5.33. The Kier molecular flexibility index (Phi) is 5.44. The molecule has 4 N–H and O–H groups in total. The average molecular weight is 314 g/mol. The smallest absolute Gasteiger partial charge is 0.215 e. The van der Waals surface area contributed by atoms with Crippen molar-refractivity contribution in [3.8, 4) is 5.75 Å². The van der Waals surface area contributed by atoms with Gasteiger partial charge < -0.3 is 15.6 Å². The van der Waals surface area contributed by atoms with E-state index in [9.17, 15) is 13.5 Å². The van der Waals surface area contributed by atoms with Crippen LogP contribution in [0.1, 0.15) is 19.3 Å². The molecule has 0 spiro atoms. The van der Waals surface area contributed by atoms with Crippen LogP contribution in [0.3, 0.4) is 0 Å². The van der Waals surface area contributed by atoms with Crippen molar-refractivity contribution < 1.29 is 18.3 Å². The Labute approximate surface area is 125 Å². The molecule has 0 aromatic heterocycles. The fourth-order valence-electron chi connectivity index (χ4n) is 2.53. The number of sulfonamides is 1. The van der Waals surface area contributed by atoms with Crippen LogP contribution in [0.25, 0.3) is 0 Å².